The maximum Gasteiger partial charge on any atom is 0.283 e. The molecule has 0 aromatic carbocycles. The second-order valence-electron chi connectivity index (χ2n) is 2.89. The third-order valence-electron chi connectivity index (χ3n) is 1.25. The van der Waals surface area contributed by atoms with Crippen molar-refractivity contribution in [3.63, 3.8) is 0 Å². The van der Waals surface area contributed by atoms with E-state index >= 15 is 0 Å². The molecular formula is C7H10INO2. The molecule has 1 heterocycles. The minimum absolute atomic E-state index is 0.0816. The van der Waals surface area contributed by atoms with Crippen molar-refractivity contribution in [2.45, 2.75) is 24.3 Å². The second-order valence-corrected chi connectivity index (χ2v) is 5.53. The quantitative estimate of drug-likeness (QED) is 0.575. The lowest BCUT2D eigenvalue weighted by atomic mass is 10.4. The number of rotatable bonds is 1. The summed E-state index contributed by atoms with van der Waals surface area (Å²) in [6.07, 6.45) is 0. The van der Waals surface area contributed by atoms with Crippen LogP contribution in [0.3, 0.4) is 0 Å². The van der Waals surface area contributed by atoms with Gasteiger partial charge in [-0.3, -0.25) is 4.79 Å². The van der Waals surface area contributed by atoms with E-state index in [2.05, 4.69) is 22.6 Å². The molecule has 0 N–H and O–H groups in total. The first-order valence-corrected chi connectivity index (χ1v) is 4.38. The average Bonchev–Trinajstić information content (AvgIpc) is 2.08. The van der Waals surface area contributed by atoms with Crippen LogP contribution in [-0.2, 0) is 3.55 Å². The molecule has 0 aliphatic rings. The van der Waals surface area contributed by atoms with Crippen LogP contribution in [0.2, 0.25) is 0 Å². The summed E-state index contributed by atoms with van der Waals surface area (Å²) in [7, 11) is 0. The molecule has 62 valence electrons. The number of hydrogen-bond acceptors (Lipinski definition) is 2. The highest BCUT2D eigenvalue weighted by Gasteiger charge is 2.19. The minimum Gasteiger partial charge on any atom is -0.380 e. The van der Waals surface area contributed by atoms with Gasteiger partial charge in [0.05, 0.1) is 0 Å². The number of nitrogens with zero attached hydrogens (tertiary/aromatic N) is 1. The fourth-order valence-corrected chi connectivity index (χ4v) is 1.15. The summed E-state index contributed by atoms with van der Waals surface area (Å²) in [4.78, 5) is 11.2. The summed E-state index contributed by atoms with van der Waals surface area (Å²) in [5, 5.41) is 0. The van der Waals surface area contributed by atoms with Crippen LogP contribution in [-0.4, -0.2) is 4.74 Å². The fraction of sp³-hybridized carbons (Fsp3) is 0.571. The molecular weight excluding hydrogens is 257 g/mol. The van der Waals surface area contributed by atoms with Crippen LogP contribution in [0, 0.1) is 6.92 Å². The van der Waals surface area contributed by atoms with Gasteiger partial charge in [-0.25, -0.2) is 0 Å². The number of halogens is 1. The van der Waals surface area contributed by atoms with Gasteiger partial charge < -0.3 is 4.52 Å². The molecule has 3 nitrogen and oxygen atoms in total. The molecule has 1 aromatic rings. The number of alkyl halides is 1. The van der Waals surface area contributed by atoms with Crippen LogP contribution in [0.1, 0.15) is 19.6 Å². The lowest BCUT2D eigenvalue weighted by molar-refractivity contribution is 0.210. The highest BCUT2D eigenvalue weighted by atomic mass is 127. The van der Waals surface area contributed by atoms with Gasteiger partial charge in [-0.15, -0.1) is 0 Å². The van der Waals surface area contributed by atoms with Gasteiger partial charge in [0.15, 0.2) is 0 Å². The first kappa shape index (κ1) is 8.83. The zero-order valence-electron chi connectivity index (χ0n) is 6.72. The number of aryl methyl sites for hydroxylation is 1. The van der Waals surface area contributed by atoms with Crippen LogP contribution in [0.5, 0.6) is 0 Å². The van der Waals surface area contributed by atoms with Crippen molar-refractivity contribution in [1.29, 1.82) is 0 Å². The van der Waals surface area contributed by atoms with Crippen molar-refractivity contribution >= 4 is 22.6 Å². The van der Waals surface area contributed by atoms with E-state index in [9.17, 15) is 4.79 Å². The van der Waals surface area contributed by atoms with Crippen molar-refractivity contribution < 1.29 is 4.52 Å². The number of aromatic nitrogens is 1. The third-order valence-corrected chi connectivity index (χ3v) is 1.68. The molecule has 0 saturated carbocycles. The van der Waals surface area contributed by atoms with Gasteiger partial charge in [-0.05, 0) is 20.8 Å². The molecule has 0 radical (unpaired) electrons. The van der Waals surface area contributed by atoms with Crippen molar-refractivity contribution in [2.75, 3.05) is 0 Å². The standard InChI is InChI=1S/C7H10INO2/c1-5-4-6(10)9(11-5)7(2,3)8/h4H,1-3H3. The highest BCUT2D eigenvalue weighted by molar-refractivity contribution is 14.1. The third kappa shape index (κ3) is 1.85. The van der Waals surface area contributed by atoms with Crippen LogP contribution in [0.4, 0.5) is 0 Å². The molecule has 1 rings (SSSR count). The number of hydrogen-bond donors (Lipinski definition) is 0. The normalized spacial score (nSPS) is 12.0. The maximum absolute atomic E-state index is 11.2. The van der Waals surface area contributed by atoms with E-state index in [0.717, 1.165) is 0 Å². The Morgan fingerprint density at radius 3 is 2.36 bits per heavy atom. The summed E-state index contributed by atoms with van der Waals surface area (Å²) in [5.74, 6) is 0.653. The van der Waals surface area contributed by atoms with Gasteiger partial charge in [0.2, 0.25) is 0 Å². The molecule has 0 atom stereocenters. The van der Waals surface area contributed by atoms with Gasteiger partial charge in [0.25, 0.3) is 5.56 Å². The van der Waals surface area contributed by atoms with Gasteiger partial charge in [0, 0.05) is 6.07 Å². The van der Waals surface area contributed by atoms with E-state index in [4.69, 9.17) is 4.52 Å². The molecule has 0 spiro atoms. The Kier molecular flexibility index (Phi) is 2.13. The lowest BCUT2D eigenvalue weighted by Crippen LogP contribution is -2.27. The van der Waals surface area contributed by atoms with Crippen LogP contribution < -0.4 is 5.56 Å². The largest absolute Gasteiger partial charge is 0.380 e. The Bertz CT molecular complexity index is 305. The Balaban J connectivity index is 3.25. The van der Waals surface area contributed by atoms with Crippen molar-refractivity contribution in [1.82, 2.24) is 4.74 Å². The SMILES string of the molecule is Cc1cc(=O)n(C(C)(C)I)o1. The molecule has 0 aliphatic carbocycles. The first-order chi connectivity index (χ1) is 4.91. The Morgan fingerprint density at radius 2 is 2.18 bits per heavy atom. The molecule has 0 saturated heterocycles. The Labute approximate surface area is 78.5 Å². The Morgan fingerprint density at radius 1 is 1.64 bits per heavy atom. The minimum atomic E-state index is -0.289. The van der Waals surface area contributed by atoms with Gasteiger partial charge >= 0.3 is 0 Å². The summed E-state index contributed by atoms with van der Waals surface area (Å²) in [6, 6.07) is 1.49. The fourth-order valence-electron chi connectivity index (χ4n) is 0.818. The maximum atomic E-state index is 11.2. The zero-order valence-corrected chi connectivity index (χ0v) is 8.88. The molecule has 0 amide bonds. The molecule has 0 unspecified atom stereocenters. The average molecular weight is 267 g/mol. The highest BCUT2D eigenvalue weighted by Crippen LogP contribution is 2.21. The van der Waals surface area contributed by atoms with E-state index in [1.165, 1.54) is 10.8 Å². The van der Waals surface area contributed by atoms with Crippen LogP contribution in [0.25, 0.3) is 0 Å². The zero-order chi connectivity index (χ0) is 8.65. The van der Waals surface area contributed by atoms with Crippen LogP contribution in [0.15, 0.2) is 15.4 Å². The summed E-state index contributed by atoms with van der Waals surface area (Å²) < 4.78 is 6.25. The summed E-state index contributed by atoms with van der Waals surface area (Å²) in [5.41, 5.74) is -0.0816. The van der Waals surface area contributed by atoms with Gasteiger partial charge in [0.1, 0.15) is 9.31 Å². The second kappa shape index (κ2) is 2.66. The summed E-state index contributed by atoms with van der Waals surface area (Å²) in [6.45, 7) is 5.59. The predicted molar refractivity (Wildman–Crippen MR) is 51.0 cm³/mol. The lowest BCUT2D eigenvalue weighted by Gasteiger charge is -2.14. The van der Waals surface area contributed by atoms with Crippen LogP contribution >= 0.6 is 22.6 Å². The molecule has 4 heteroatoms. The molecule has 0 fully saturated rings. The summed E-state index contributed by atoms with van der Waals surface area (Å²) >= 11 is 2.15. The van der Waals surface area contributed by atoms with Gasteiger partial charge in [-0.1, -0.05) is 22.6 Å². The van der Waals surface area contributed by atoms with Gasteiger partial charge in [-0.2, -0.15) is 4.74 Å². The predicted octanol–water partition coefficient (Wildman–Crippen LogP) is 1.88. The first-order valence-electron chi connectivity index (χ1n) is 3.30. The monoisotopic (exact) mass is 267 g/mol. The van der Waals surface area contributed by atoms with Crippen molar-refractivity contribution in [2.24, 2.45) is 0 Å². The molecule has 11 heavy (non-hydrogen) atoms. The van der Waals surface area contributed by atoms with Crippen molar-refractivity contribution in [3.8, 4) is 0 Å². The van der Waals surface area contributed by atoms with E-state index in [1.807, 2.05) is 13.8 Å². The van der Waals surface area contributed by atoms with E-state index in [1.54, 1.807) is 6.92 Å². The van der Waals surface area contributed by atoms with E-state index in [-0.39, 0.29) is 9.10 Å². The smallest absolute Gasteiger partial charge is 0.283 e. The van der Waals surface area contributed by atoms with E-state index in [0.29, 0.717) is 5.76 Å². The van der Waals surface area contributed by atoms with Crippen molar-refractivity contribution in [3.05, 3.63) is 22.2 Å². The molecule has 0 aliphatic heterocycles. The van der Waals surface area contributed by atoms with E-state index < -0.39 is 0 Å². The molecule has 1 aromatic heterocycles. The topological polar surface area (TPSA) is 35.1 Å². The molecule has 0 bridgehead atoms. The Hall–Kier alpha value is -0.260.